The van der Waals surface area contributed by atoms with Gasteiger partial charge in [-0.2, -0.15) is 0 Å². The van der Waals surface area contributed by atoms with Gasteiger partial charge < -0.3 is 4.57 Å². The molecule has 196 valence electrons. The van der Waals surface area contributed by atoms with Crippen LogP contribution in [0.3, 0.4) is 0 Å². The Morgan fingerprint density at radius 2 is 0.952 bits per heavy atom. The van der Waals surface area contributed by atoms with E-state index in [0.29, 0.717) is 0 Å². The van der Waals surface area contributed by atoms with Crippen LogP contribution in [0, 0.1) is 0 Å². The summed E-state index contributed by atoms with van der Waals surface area (Å²) in [5.41, 5.74) is 8.58. The van der Waals surface area contributed by atoms with Gasteiger partial charge in [-0.15, -0.1) is 11.3 Å². The molecular formula is C40H25NS. The number of hydrogen-bond acceptors (Lipinski definition) is 1. The quantitative estimate of drug-likeness (QED) is 0.206. The zero-order valence-electron chi connectivity index (χ0n) is 22.8. The van der Waals surface area contributed by atoms with Gasteiger partial charge in [0.1, 0.15) is 0 Å². The average molecular weight is 552 g/mol. The number of aromatic nitrogens is 1. The molecule has 0 N–H and O–H groups in total. The molecule has 0 fully saturated rings. The SMILES string of the molecule is c1ccc2cc(-c3ccc(-n4c5ccccc5c5cc(-c6ccc7sc8ccccc8c7c6)ccc54)cc3)ccc2c1. The molecule has 7 aromatic carbocycles. The number of thiophene rings is 1. The van der Waals surface area contributed by atoms with Crippen LogP contribution in [0.25, 0.3) is 80.7 Å². The fourth-order valence-corrected chi connectivity index (χ4v) is 7.59. The Morgan fingerprint density at radius 1 is 0.357 bits per heavy atom. The molecule has 0 aliphatic carbocycles. The summed E-state index contributed by atoms with van der Waals surface area (Å²) in [6, 6.07) is 55.6. The van der Waals surface area contributed by atoms with Crippen LogP contribution in [0.1, 0.15) is 0 Å². The number of nitrogens with zero attached hydrogens (tertiary/aromatic N) is 1. The maximum Gasteiger partial charge on any atom is 0.0541 e. The van der Waals surface area contributed by atoms with E-state index in [4.69, 9.17) is 0 Å². The van der Waals surface area contributed by atoms with Crippen LogP contribution in [-0.2, 0) is 0 Å². The van der Waals surface area contributed by atoms with E-state index in [9.17, 15) is 0 Å². The fraction of sp³-hybridized carbons (Fsp3) is 0. The highest BCUT2D eigenvalue weighted by Crippen LogP contribution is 2.39. The molecule has 0 atom stereocenters. The topological polar surface area (TPSA) is 4.93 Å². The van der Waals surface area contributed by atoms with Crippen molar-refractivity contribution in [1.82, 2.24) is 4.57 Å². The molecule has 42 heavy (non-hydrogen) atoms. The second kappa shape index (κ2) is 9.17. The summed E-state index contributed by atoms with van der Waals surface area (Å²) in [5.74, 6) is 0. The Hall–Kier alpha value is -5.18. The third-order valence-corrected chi connectivity index (χ3v) is 9.74. The van der Waals surface area contributed by atoms with Crippen molar-refractivity contribution in [3.8, 4) is 27.9 Å². The zero-order valence-corrected chi connectivity index (χ0v) is 23.6. The molecule has 2 aromatic heterocycles. The van der Waals surface area contributed by atoms with Crippen molar-refractivity contribution in [3.63, 3.8) is 0 Å². The Balaban J connectivity index is 1.17. The Bertz CT molecular complexity index is 2460. The van der Waals surface area contributed by atoms with Crippen LogP contribution >= 0.6 is 11.3 Å². The van der Waals surface area contributed by atoms with E-state index >= 15 is 0 Å². The molecule has 9 aromatic rings. The number of benzene rings is 7. The standard InChI is InChI=1S/C40H25NS/c1-2-8-28-23-29(14-13-26(28)7-1)27-15-19-32(20-16-27)41-37-11-5-3-9-33(37)35-24-30(17-21-38(35)41)31-18-22-40-36(25-31)34-10-4-6-12-39(34)42-40/h1-25H. The highest BCUT2D eigenvalue weighted by atomic mass is 32.1. The molecular weight excluding hydrogens is 527 g/mol. The van der Waals surface area contributed by atoms with Gasteiger partial charge >= 0.3 is 0 Å². The minimum Gasteiger partial charge on any atom is -0.309 e. The van der Waals surface area contributed by atoms with Crippen molar-refractivity contribution in [1.29, 1.82) is 0 Å². The van der Waals surface area contributed by atoms with Crippen LogP contribution in [0.2, 0.25) is 0 Å². The number of para-hydroxylation sites is 1. The first-order valence-corrected chi connectivity index (χ1v) is 15.2. The van der Waals surface area contributed by atoms with Crippen molar-refractivity contribution < 1.29 is 0 Å². The number of rotatable bonds is 3. The third kappa shape index (κ3) is 3.62. The van der Waals surface area contributed by atoms with E-state index in [0.717, 1.165) is 0 Å². The van der Waals surface area contributed by atoms with Gasteiger partial charge in [0.2, 0.25) is 0 Å². The van der Waals surface area contributed by atoms with Crippen molar-refractivity contribution >= 4 is 64.1 Å². The molecule has 0 radical (unpaired) electrons. The minimum atomic E-state index is 1.17. The lowest BCUT2D eigenvalue weighted by Crippen LogP contribution is -1.93. The van der Waals surface area contributed by atoms with Crippen molar-refractivity contribution in [2.24, 2.45) is 0 Å². The molecule has 0 bridgehead atoms. The predicted octanol–water partition coefficient (Wildman–Crippen LogP) is 11.6. The molecule has 1 nitrogen and oxygen atoms in total. The lowest BCUT2D eigenvalue weighted by molar-refractivity contribution is 1.18. The van der Waals surface area contributed by atoms with Gasteiger partial charge in [-0.25, -0.2) is 0 Å². The second-order valence-electron chi connectivity index (χ2n) is 11.0. The smallest absolute Gasteiger partial charge is 0.0541 e. The average Bonchev–Trinajstić information content (AvgIpc) is 3.59. The van der Waals surface area contributed by atoms with Crippen molar-refractivity contribution in [2.75, 3.05) is 0 Å². The van der Waals surface area contributed by atoms with Gasteiger partial charge in [-0.3, -0.25) is 0 Å². The molecule has 9 rings (SSSR count). The fourth-order valence-electron chi connectivity index (χ4n) is 6.51. The monoisotopic (exact) mass is 551 g/mol. The molecule has 0 saturated heterocycles. The highest BCUT2D eigenvalue weighted by Gasteiger charge is 2.14. The maximum absolute atomic E-state index is 2.40. The van der Waals surface area contributed by atoms with Crippen LogP contribution in [-0.4, -0.2) is 4.57 Å². The molecule has 0 spiro atoms. The summed E-state index contributed by atoms with van der Waals surface area (Å²) in [6.07, 6.45) is 0. The van der Waals surface area contributed by atoms with E-state index in [2.05, 4.69) is 156 Å². The van der Waals surface area contributed by atoms with E-state index < -0.39 is 0 Å². The van der Waals surface area contributed by atoms with Gasteiger partial charge in [0, 0.05) is 36.6 Å². The van der Waals surface area contributed by atoms with Gasteiger partial charge in [0.05, 0.1) is 11.0 Å². The molecule has 0 aliphatic rings. The van der Waals surface area contributed by atoms with Crippen LogP contribution in [0.4, 0.5) is 0 Å². The summed E-state index contributed by atoms with van der Waals surface area (Å²) in [7, 11) is 0. The molecule has 0 saturated carbocycles. The Morgan fingerprint density at radius 3 is 1.83 bits per heavy atom. The van der Waals surface area contributed by atoms with Crippen LogP contribution in [0.15, 0.2) is 152 Å². The van der Waals surface area contributed by atoms with Gasteiger partial charge in [0.15, 0.2) is 0 Å². The second-order valence-corrected chi connectivity index (χ2v) is 12.1. The summed E-state index contributed by atoms with van der Waals surface area (Å²) in [6.45, 7) is 0. The van der Waals surface area contributed by atoms with Gasteiger partial charge in [-0.1, -0.05) is 97.1 Å². The van der Waals surface area contributed by atoms with E-state index in [1.54, 1.807) is 0 Å². The Kier molecular flexibility index (Phi) is 5.13. The van der Waals surface area contributed by atoms with E-state index in [1.165, 1.54) is 80.7 Å². The summed E-state index contributed by atoms with van der Waals surface area (Å²) in [4.78, 5) is 0. The Labute approximate surface area is 247 Å². The van der Waals surface area contributed by atoms with Crippen molar-refractivity contribution in [2.45, 2.75) is 0 Å². The first kappa shape index (κ1) is 23.5. The first-order chi connectivity index (χ1) is 20.8. The normalized spacial score (nSPS) is 11.8. The molecule has 0 amide bonds. The summed E-state index contributed by atoms with van der Waals surface area (Å²) >= 11 is 1.87. The molecule has 2 heterocycles. The minimum absolute atomic E-state index is 1.17. The molecule has 2 heteroatoms. The van der Waals surface area contributed by atoms with E-state index in [1.807, 2.05) is 11.3 Å². The van der Waals surface area contributed by atoms with Crippen LogP contribution < -0.4 is 0 Å². The van der Waals surface area contributed by atoms with E-state index in [-0.39, 0.29) is 0 Å². The lowest BCUT2D eigenvalue weighted by Gasteiger charge is -2.10. The number of fused-ring (bicyclic) bond motifs is 7. The lowest BCUT2D eigenvalue weighted by atomic mass is 10.0. The predicted molar refractivity (Wildman–Crippen MR) is 182 cm³/mol. The maximum atomic E-state index is 2.40. The third-order valence-electron chi connectivity index (χ3n) is 8.59. The number of hydrogen-bond donors (Lipinski definition) is 0. The molecule has 0 unspecified atom stereocenters. The van der Waals surface area contributed by atoms with Crippen molar-refractivity contribution in [3.05, 3.63) is 152 Å². The van der Waals surface area contributed by atoms with Crippen LogP contribution in [0.5, 0.6) is 0 Å². The van der Waals surface area contributed by atoms with Gasteiger partial charge in [-0.05, 0) is 87.6 Å². The zero-order chi connectivity index (χ0) is 27.6. The first-order valence-electron chi connectivity index (χ1n) is 14.3. The molecule has 0 aliphatic heterocycles. The highest BCUT2D eigenvalue weighted by molar-refractivity contribution is 7.25. The van der Waals surface area contributed by atoms with Gasteiger partial charge in [0.25, 0.3) is 0 Å². The summed E-state index contributed by atoms with van der Waals surface area (Å²) in [5, 5.41) is 7.76. The summed E-state index contributed by atoms with van der Waals surface area (Å²) < 4.78 is 5.08. The largest absolute Gasteiger partial charge is 0.309 e.